The number of aromatic amines is 1. The SMILES string of the molecule is CN(CC(O)C1(Oc2cccc3[nH]ccc23)OC(=O)CCC(=O)O1)C1C2CC3CC(C2)CC1C3. The minimum atomic E-state index is -2.24. The molecule has 2 heterocycles. The molecule has 8 nitrogen and oxygen atoms in total. The molecule has 4 saturated carbocycles. The van der Waals surface area contributed by atoms with Crippen molar-refractivity contribution >= 4 is 22.8 Å². The summed E-state index contributed by atoms with van der Waals surface area (Å²) in [6, 6.07) is 7.57. The topological polar surface area (TPSA) is 101 Å². The predicted molar refractivity (Wildman–Crippen MR) is 123 cm³/mol. The van der Waals surface area contributed by atoms with Crippen LogP contribution in [0.3, 0.4) is 0 Å². The second-order valence-electron chi connectivity index (χ2n) is 10.7. The molecule has 1 saturated heterocycles. The van der Waals surface area contributed by atoms with Crippen LogP contribution in [0.2, 0.25) is 0 Å². The molecule has 1 aromatic heterocycles. The fourth-order valence-corrected chi connectivity index (χ4v) is 7.31. The third-order valence-electron chi connectivity index (χ3n) is 8.41. The van der Waals surface area contributed by atoms with Gasteiger partial charge in [-0.05, 0) is 81.0 Å². The van der Waals surface area contributed by atoms with Crippen molar-refractivity contribution in [3.8, 4) is 5.75 Å². The Morgan fingerprint density at radius 3 is 2.35 bits per heavy atom. The number of cyclic esters (lactones) is 2. The number of hydrogen-bond acceptors (Lipinski definition) is 7. The van der Waals surface area contributed by atoms with Gasteiger partial charge >= 0.3 is 17.9 Å². The molecule has 4 bridgehead atoms. The molecular weight excluding hydrogens is 436 g/mol. The van der Waals surface area contributed by atoms with Crippen molar-refractivity contribution in [3.05, 3.63) is 30.5 Å². The molecule has 5 aliphatic rings. The first-order valence-electron chi connectivity index (χ1n) is 12.5. The predicted octanol–water partition coefficient (Wildman–Crippen LogP) is 3.20. The highest BCUT2D eigenvalue weighted by Crippen LogP contribution is 2.55. The van der Waals surface area contributed by atoms with Gasteiger partial charge in [0.2, 0.25) is 0 Å². The van der Waals surface area contributed by atoms with E-state index in [-0.39, 0.29) is 19.4 Å². The van der Waals surface area contributed by atoms with Crippen LogP contribution in [0.1, 0.15) is 44.9 Å². The van der Waals surface area contributed by atoms with Gasteiger partial charge in [0.25, 0.3) is 0 Å². The highest BCUT2D eigenvalue weighted by molar-refractivity contribution is 5.86. The number of likely N-dealkylation sites (N-methyl/N-ethyl adjacent to an activating group) is 1. The molecule has 8 heteroatoms. The Morgan fingerprint density at radius 1 is 1.06 bits per heavy atom. The van der Waals surface area contributed by atoms with Crippen molar-refractivity contribution in [2.24, 2.45) is 23.7 Å². The van der Waals surface area contributed by atoms with E-state index in [4.69, 9.17) is 14.2 Å². The number of esters is 2. The lowest BCUT2D eigenvalue weighted by molar-refractivity contribution is -0.343. The summed E-state index contributed by atoms with van der Waals surface area (Å²) >= 11 is 0. The molecule has 0 spiro atoms. The number of aromatic nitrogens is 1. The normalized spacial score (nSPS) is 33.0. The molecule has 0 radical (unpaired) electrons. The van der Waals surface area contributed by atoms with E-state index in [0.717, 1.165) is 22.7 Å². The first kappa shape index (κ1) is 21.9. The van der Waals surface area contributed by atoms with Crippen LogP contribution in [0.5, 0.6) is 5.75 Å². The lowest BCUT2D eigenvalue weighted by Crippen LogP contribution is -2.61. The molecule has 0 amide bonds. The fraction of sp³-hybridized carbons (Fsp3) is 0.615. The van der Waals surface area contributed by atoms with E-state index in [1.807, 2.05) is 19.2 Å². The van der Waals surface area contributed by atoms with Gasteiger partial charge in [-0.2, -0.15) is 0 Å². The van der Waals surface area contributed by atoms with Crippen molar-refractivity contribution in [3.63, 3.8) is 0 Å². The Morgan fingerprint density at radius 2 is 1.71 bits per heavy atom. The van der Waals surface area contributed by atoms with Gasteiger partial charge in [0, 0.05) is 29.7 Å². The average molecular weight is 469 g/mol. The number of carbonyl (C=O) groups excluding carboxylic acids is 2. The molecule has 4 aliphatic carbocycles. The van der Waals surface area contributed by atoms with Gasteiger partial charge in [0.05, 0.1) is 12.8 Å². The zero-order valence-electron chi connectivity index (χ0n) is 19.4. The Labute approximate surface area is 198 Å². The Hall–Kier alpha value is -2.58. The van der Waals surface area contributed by atoms with E-state index in [1.165, 1.54) is 32.1 Å². The van der Waals surface area contributed by atoms with Gasteiger partial charge in [-0.15, -0.1) is 0 Å². The van der Waals surface area contributed by atoms with Gasteiger partial charge in [-0.3, -0.25) is 14.5 Å². The minimum Gasteiger partial charge on any atom is -0.418 e. The summed E-state index contributed by atoms with van der Waals surface area (Å²) < 4.78 is 17.3. The smallest absolute Gasteiger partial charge is 0.418 e. The summed E-state index contributed by atoms with van der Waals surface area (Å²) in [5, 5.41) is 12.2. The molecule has 1 atom stereocenters. The summed E-state index contributed by atoms with van der Waals surface area (Å²) in [5.74, 6) is -0.216. The summed E-state index contributed by atoms with van der Waals surface area (Å²) in [6.07, 6.45) is 6.53. The van der Waals surface area contributed by atoms with E-state index in [2.05, 4.69) is 9.88 Å². The molecule has 2 aromatic rings. The largest absolute Gasteiger partial charge is 0.450 e. The van der Waals surface area contributed by atoms with Crippen LogP contribution in [0.25, 0.3) is 10.9 Å². The molecule has 7 rings (SSSR count). The number of aliphatic hydroxyl groups excluding tert-OH is 1. The summed E-state index contributed by atoms with van der Waals surface area (Å²) in [7, 11) is 2.01. The number of fused-ring (bicyclic) bond motifs is 1. The number of ether oxygens (including phenoxy) is 3. The standard InChI is InChI=1S/C26H32N2O6/c1-28(25-17-10-15-9-16(12-17)13-18(25)11-15)14-22(29)26(33-23(30)5-6-24(31)34-26)32-21-4-2-3-20-19(21)7-8-27-20/h2-4,7-8,15-18,22,25,27,29H,5-6,9-14H2,1H3. The highest BCUT2D eigenvalue weighted by atomic mass is 16.9. The average Bonchev–Trinajstić information content (AvgIpc) is 3.21. The van der Waals surface area contributed by atoms with Gasteiger partial charge in [0.1, 0.15) is 5.75 Å². The van der Waals surface area contributed by atoms with E-state index in [1.54, 1.807) is 18.3 Å². The maximum atomic E-state index is 12.5. The Balaban J connectivity index is 1.28. The minimum absolute atomic E-state index is 0.115. The Bertz CT molecular complexity index is 1050. The number of rotatable bonds is 6. The van der Waals surface area contributed by atoms with Crippen molar-refractivity contribution in [2.75, 3.05) is 13.6 Å². The number of hydrogen-bond donors (Lipinski definition) is 2. The van der Waals surface area contributed by atoms with E-state index < -0.39 is 24.0 Å². The van der Waals surface area contributed by atoms with Crippen LogP contribution in [-0.4, -0.2) is 58.6 Å². The van der Waals surface area contributed by atoms with Crippen LogP contribution in [-0.2, 0) is 19.1 Å². The Kier molecular flexibility index (Phi) is 5.33. The first-order valence-corrected chi connectivity index (χ1v) is 12.5. The molecule has 2 N–H and O–H groups in total. The van der Waals surface area contributed by atoms with Crippen molar-refractivity contribution < 1.29 is 28.9 Å². The van der Waals surface area contributed by atoms with Crippen LogP contribution < -0.4 is 4.74 Å². The maximum Gasteiger partial charge on any atom is 0.450 e. The number of nitrogens with one attached hydrogen (secondary N) is 1. The molecule has 1 aliphatic heterocycles. The third kappa shape index (κ3) is 3.77. The second-order valence-corrected chi connectivity index (χ2v) is 10.7. The third-order valence-corrected chi connectivity index (χ3v) is 8.41. The highest BCUT2D eigenvalue weighted by Gasteiger charge is 2.54. The zero-order chi connectivity index (χ0) is 23.4. The number of benzene rings is 1. The van der Waals surface area contributed by atoms with E-state index in [9.17, 15) is 14.7 Å². The summed E-state index contributed by atoms with van der Waals surface area (Å²) in [5.41, 5.74) is 0.819. The second kappa shape index (κ2) is 8.27. The molecule has 1 aromatic carbocycles. The van der Waals surface area contributed by atoms with Crippen molar-refractivity contribution in [1.29, 1.82) is 0 Å². The maximum absolute atomic E-state index is 12.5. The number of carbonyl (C=O) groups is 2. The van der Waals surface area contributed by atoms with Gasteiger partial charge < -0.3 is 24.3 Å². The summed E-state index contributed by atoms with van der Waals surface area (Å²) in [6.45, 7) is 0.163. The quantitative estimate of drug-likeness (QED) is 0.628. The van der Waals surface area contributed by atoms with E-state index >= 15 is 0 Å². The van der Waals surface area contributed by atoms with Gasteiger partial charge in [0.15, 0.2) is 6.10 Å². The van der Waals surface area contributed by atoms with Crippen LogP contribution >= 0.6 is 0 Å². The fourth-order valence-electron chi connectivity index (χ4n) is 7.31. The number of H-pyrrole nitrogens is 1. The van der Waals surface area contributed by atoms with Crippen molar-refractivity contribution in [2.45, 2.75) is 63.1 Å². The van der Waals surface area contributed by atoms with Crippen molar-refractivity contribution in [1.82, 2.24) is 9.88 Å². The first-order chi connectivity index (χ1) is 16.4. The van der Waals surface area contributed by atoms with Crippen LogP contribution in [0.15, 0.2) is 30.5 Å². The lowest BCUT2D eigenvalue weighted by Gasteiger charge is -2.57. The molecular formula is C26H32N2O6. The van der Waals surface area contributed by atoms with Crippen LogP contribution in [0.4, 0.5) is 0 Å². The van der Waals surface area contributed by atoms with Crippen LogP contribution in [0, 0.1) is 23.7 Å². The molecule has 1 unspecified atom stereocenters. The molecule has 5 fully saturated rings. The molecule has 182 valence electrons. The monoisotopic (exact) mass is 468 g/mol. The summed E-state index contributed by atoms with van der Waals surface area (Å²) in [4.78, 5) is 30.2. The lowest BCUT2D eigenvalue weighted by atomic mass is 9.54. The zero-order valence-corrected chi connectivity index (χ0v) is 19.4. The van der Waals surface area contributed by atoms with Gasteiger partial charge in [-0.25, -0.2) is 0 Å². The molecule has 34 heavy (non-hydrogen) atoms. The van der Waals surface area contributed by atoms with Gasteiger partial charge in [-0.1, -0.05) is 6.07 Å². The van der Waals surface area contributed by atoms with E-state index in [0.29, 0.717) is 23.6 Å². The number of nitrogens with zero attached hydrogens (tertiary/aromatic N) is 1. The number of aliphatic hydroxyl groups is 1.